The topological polar surface area (TPSA) is 46.3 Å². The Morgan fingerprint density at radius 3 is 2.00 bits per heavy atom. The van der Waals surface area contributed by atoms with Crippen LogP contribution in [0.2, 0.25) is 0 Å². The fourth-order valence-electron chi connectivity index (χ4n) is 2.19. The first-order valence-corrected chi connectivity index (χ1v) is 6.64. The summed E-state index contributed by atoms with van der Waals surface area (Å²) in [6, 6.07) is 19.1. The summed E-state index contributed by atoms with van der Waals surface area (Å²) in [6.07, 6.45) is 0.481. The van der Waals surface area contributed by atoms with Crippen LogP contribution in [0.3, 0.4) is 0 Å². The molecule has 1 atom stereocenters. The lowest BCUT2D eigenvalue weighted by Crippen LogP contribution is -2.60. The van der Waals surface area contributed by atoms with Gasteiger partial charge in [0.15, 0.2) is 5.78 Å². The SMILES string of the molecule is CN(C)C(N)(Cc1ccccc1)C(=O)c1ccccc1. The van der Waals surface area contributed by atoms with Crippen LogP contribution in [0.5, 0.6) is 0 Å². The van der Waals surface area contributed by atoms with Crippen LogP contribution in [-0.4, -0.2) is 30.4 Å². The van der Waals surface area contributed by atoms with Gasteiger partial charge in [-0.1, -0.05) is 60.7 Å². The van der Waals surface area contributed by atoms with Crippen molar-refractivity contribution in [3.63, 3.8) is 0 Å². The van der Waals surface area contributed by atoms with E-state index in [2.05, 4.69) is 0 Å². The summed E-state index contributed by atoms with van der Waals surface area (Å²) >= 11 is 0. The summed E-state index contributed by atoms with van der Waals surface area (Å²) < 4.78 is 0. The van der Waals surface area contributed by atoms with Crippen molar-refractivity contribution in [3.8, 4) is 0 Å². The summed E-state index contributed by atoms with van der Waals surface area (Å²) in [5, 5.41) is 0. The van der Waals surface area contributed by atoms with Crippen LogP contribution in [0, 0.1) is 0 Å². The number of nitrogens with two attached hydrogens (primary N) is 1. The fourth-order valence-corrected chi connectivity index (χ4v) is 2.19. The largest absolute Gasteiger partial charge is 0.306 e. The van der Waals surface area contributed by atoms with Crippen LogP contribution < -0.4 is 5.73 Å². The molecule has 0 bridgehead atoms. The first-order chi connectivity index (χ1) is 9.54. The van der Waals surface area contributed by atoms with Gasteiger partial charge in [0.2, 0.25) is 0 Å². The minimum atomic E-state index is -1.04. The standard InChI is InChI=1S/C17H20N2O/c1-19(2)17(18,13-14-9-5-3-6-10-14)16(20)15-11-7-4-8-12-15/h3-12H,13,18H2,1-2H3. The van der Waals surface area contributed by atoms with E-state index >= 15 is 0 Å². The zero-order valence-corrected chi connectivity index (χ0v) is 11.9. The number of carbonyl (C=O) groups excluding carboxylic acids is 1. The number of carbonyl (C=O) groups is 1. The molecule has 0 aromatic heterocycles. The number of nitrogens with zero attached hydrogens (tertiary/aromatic N) is 1. The lowest BCUT2D eigenvalue weighted by Gasteiger charge is -2.35. The van der Waals surface area contributed by atoms with Crippen LogP contribution in [0.25, 0.3) is 0 Å². The molecule has 0 radical (unpaired) electrons. The first kappa shape index (κ1) is 14.4. The van der Waals surface area contributed by atoms with Crippen molar-refractivity contribution in [2.24, 2.45) is 5.73 Å². The van der Waals surface area contributed by atoms with Crippen LogP contribution in [-0.2, 0) is 6.42 Å². The summed E-state index contributed by atoms with van der Waals surface area (Å²) in [5.74, 6) is -0.0630. The van der Waals surface area contributed by atoms with Gasteiger partial charge >= 0.3 is 0 Å². The number of hydrogen-bond acceptors (Lipinski definition) is 3. The molecule has 0 aliphatic heterocycles. The lowest BCUT2D eigenvalue weighted by atomic mass is 9.91. The Labute approximate surface area is 120 Å². The minimum Gasteiger partial charge on any atom is -0.306 e. The maximum atomic E-state index is 12.7. The van der Waals surface area contributed by atoms with E-state index in [1.165, 1.54) is 0 Å². The summed E-state index contributed by atoms with van der Waals surface area (Å²) in [7, 11) is 3.67. The van der Waals surface area contributed by atoms with Crippen molar-refractivity contribution in [2.75, 3.05) is 14.1 Å². The Bertz CT molecular complexity index is 566. The van der Waals surface area contributed by atoms with Gasteiger partial charge in [-0.15, -0.1) is 0 Å². The third-order valence-corrected chi connectivity index (χ3v) is 3.54. The normalized spacial score (nSPS) is 14.0. The number of rotatable bonds is 5. The van der Waals surface area contributed by atoms with E-state index in [-0.39, 0.29) is 5.78 Å². The zero-order valence-electron chi connectivity index (χ0n) is 11.9. The van der Waals surface area contributed by atoms with Crippen LogP contribution in [0.4, 0.5) is 0 Å². The Kier molecular flexibility index (Phi) is 4.32. The number of likely N-dealkylation sites (N-methyl/N-ethyl adjacent to an activating group) is 1. The number of hydrogen-bond donors (Lipinski definition) is 1. The molecule has 0 saturated heterocycles. The monoisotopic (exact) mass is 268 g/mol. The van der Waals surface area contributed by atoms with Gasteiger partial charge in [-0.3, -0.25) is 9.69 Å². The predicted molar refractivity (Wildman–Crippen MR) is 81.5 cm³/mol. The van der Waals surface area contributed by atoms with Gasteiger partial charge in [-0.05, 0) is 19.7 Å². The number of benzene rings is 2. The molecule has 20 heavy (non-hydrogen) atoms. The van der Waals surface area contributed by atoms with E-state index in [4.69, 9.17) is 5.73 Å². The highest BCUT2D eigenvalue weighted by Crippen LogP contribution is 2.19. The Hall–Kier alpha value is -1.97. The van der Waals surface area contributed by atoms with Crippen molar-refractivity contribution in [2.45, 2.75) is 12.1 Å². The number of Topliss-reactive ketones (excluding diaryl/α,β-unsaturated/α-hetero) is 1. The Morgan fingerprint density at radius 2 is 1.50 bits per heavy atom. The molecule has 0 heterocycles. The Balaban J connectivity index is 2.33. The van der Waals surface area contributed by atoms with Gasteiger partial charge in [-0.2, -0.15) is 0 Å². The molecule has 0 fully saturated rings. The van der Waals surface area contributed by atoms with Crippen molar-refractivity contribution in [1.29, 1.82) is 0 Å². The lowest BCUT2D eigenvalue weighted by molar-refractivity contribution is 0.0691. The van der Waals surface area contributed by atoms with E-state index in [1.54, 1.807) is 17.0 Å². The highest BCUT2D eigenvalue weighted by molar-refractivity contribution is 6.02. The van der Waals surface area contributed by atoms with Gasteiger partial charge < -0.3 is 5.73 Å². The fraction of sp³-hybridized carbons (Fsp3) is 0.235. The molecule has 0 spiro atoms. The van der Waals surface area contributed by atoms with Gasteiger partial charge in [0, 0.05) is 12.0 Å². The third-order valence-electron chi connectivity index (χ3n) is 3.54. The van der Waals surface area contributed by atoms with E-state index in [1.807, 2.05) is 62.6 Å². The maximum absolute atomic E-state index is 12.7. The van der Waals surface area contributed by atoms with Gasteiger partial charge in [0.1, 0.15) is 5.66 Å². The molecule has 2 aromatic rings. The van der Waals surface area contributed by atoms with E-state index in [9.17, 15) is 4.79 Å². The average molecular weight is 268 g/mol. The van der Waals surface area contributed by atoms with Gasteiger partial charge in [0.25, 0.3) is 0 Å². The van der Waals surface area contributed by atoms with Crippen molar-refractivity contribution < 1.29 is 4.79 Å². The Morgan fingerprint density at radius 1 is 1.00 bits per heavy atom. The molecule has 2 N–H and O–H groups in total. The second kappa shape index (κ2) is 5.99. The molecule has 0 aliphatic rings. The molecule has 2 aromatic carbocycles. The smallest absolute Gasteiger partial charge is 0.197 e. The second-order valence-corrected chi connectivity index (χ2v) is 5.18. The van der Waals surface area contributed by atoms with Crippen molar-refractivity contribution in [3.05, 3.63) is 71.8 Å². The van der Waals surface area contributed by atoms with Crippen molar-refractivity contribution in [1.82, 2.24) is 4.90 Å². The minimum absolute atomic E-state index is 0.0630. The van der Waals surface area contributed by atoms with Crippen LogP contribution in [0.1, 0.15) is 15.9 Å². The van der Waals surface area contributed by atoms with E-state index < -0.39 is 5.66 Å². The molecule has 0 amide bonds. The van der Waals surface area contributed by atoms with Crippen LogP contribution in [0.15, 0.2) is 60.7 Å². The molecule has 1 unspecified atom stereocenters. The van der Waals surface area contributed by atoms with E-state index in [0.717, 1.165) is 5.56 Å². The van der Waals surface area contributed by atoms with Crippen molar-refractivity contribution >= 4 is 5.78 Å². The molecule has 2 rings (SSSR count). The van der Waals surface area contributed by atoms with Gasteiger partial charge in [0.05, 0.1) is 0 Å². The highest BCUT2D eigenvalue weighted by Gasteiger charge is 2.37. The number of ketones is 1. The molecule has 0 aliphatic carbocycles. The maximum Gasteiger partial charge on any atom is 0.197 e. The van der Waals surface area contributed by atoms with Crippen LogP contribution >= 0.6 is 0 Å². The second-order valence-electron chi connectivity index (χ2n) is 5.18. The van der Waals surface area contributed by atoms with E-state index in [0.29, 0.717) is 12.0 Å². The summed E-state index contributed by atoms with van der Waals surface area (Å²) in [5.41, 5.74) is 7.07. The first-order valence-electron chi connectivity index (χ1n) is 6.64. The molecule has 3 nitrogen and oxygen atoms in total. The molecule has 104 valence electrons. The summed E-state index contributed by atoms with van der Waals surface area (Å²) in [4.78, 5) is 14.5. The molecular weight excluding hydrogens is 248 g/mol. The predicted octanol–water partition coefficient (Wildman–Crippen LogP) is 2.33. The molecule has 3 heteroatoms. The highest BCUT2D eigenvalue weighted by atomic mass is 16.1. The quantitative estimate of drug-likeness (QED) is 0.668. The molecule has 0 saturated carbocycles. The van der Waals surface area contributed by atoms with Gasteiger partial charge in [-0.25, -0.2) is 0 Å². The zero-order chi connectivity index (χ0) is 14.6. The third kappa shape index (κ3) is 2.95. The average Bonchev–Trinajstić information content (AvgIpc) is 2.48. The molecular formula is C17H20N2O. The summed E-state index contributed by atoms with van der Waals surface area (Å²) in [6.45, 7) is 0.